The minimum atomic E-state index is -0.247. The van der Waals surface area contributed by atoms with Gasteiger partial charge in [-0.3, -0.25) is 19.3 Å². The van der Waals surface area contributed by atoms with Crippen LogP contribution >= 0.6 is 11.8 Å². The molecule has 2 saturated heterocycles. The zero-order chi connectivity index (χ0) is 16.6. The molecular formula is C16H17FN2O3S. The Labute approximate surface area is 137 Å². The van der Waals surface area contributed by atoms with Crippen LogP contribution in [0.5, 0.6) is 0 Å². The fourth-order valence-corrected chi connectivity index (χ4v) is 3.59. The van der Waals surface area contributed by atoms with Gasteiger partial charge in [0.05, 0.1) is 11.8 Å². The van der Waals surface area contributed by atoms with Crippen LogP contribution in [0.3, 0.4) is 0 Å². The van der Waals surface area contributed by atoms with Crippen LogP contribution in [0, 0.1) is 12.7 Å². The lowest BCUT2D eigenvalue weighted by molar-refractivity contribution is -0.142. The van der Waals surface area contributed by atoms with E-state index in [4.69, 9.17) is 0 Å². The zero-order valence-corrected chi connectivity index (χ0v) is 13.6. The number of halogens is 1. The maximum absolute atomic E-state index is 13.2. The standard InChI is InChI=1S/C16H17FN2O3S/c1-10-6-11(2-4-13(10)17)3-5-14(20)18-7-12(8-18)19-15(21)9-23-16(19)22/h2,4,6,12H,3,5,7-9H2,1H3. The number of carbonyl (C=O) groups excluding carboxylic acids is 3. The lowest BCUT2D eigenvalue weighted by Gasteiger charge is -2.42. The van der Waals surface area contributed by atoms with Gasteiger partial charge in [0.1, 0.15) is 5.82 Å². The van der Waals surface area contributed by atoms with Gasteiger partial charge in [-0.15, -0.1) is 0 Å². The van der Waals surface area contributed by atoms with E-state index in [0.717, 1.165) is 17.3 Å². The quantitative estimate of drug-likeness (QED) is 0.843. The molecule has 3 amide bonds. The summed E-state index contributed by atoms with van der Waals surface area (Å²) in [6, 6.07) is 4.67. The first-order valence-electron chi connectivity index (χ1n) is 7.47. The molecule has 0 bridgehead atoms. The van der Waals surface area contributed by atoms with E-state index in [1.165, 1.54) is 11.0 Å². The van der Waals surface area contributed by atoms with Crippen LogP contribution in [-0.4, -0.2) is 51.7 Å². The van der Waals surface area contributed by atoms with E-state index in [1.807, 2.05) is 0 Å². The van der Waals surface area contributed by atoms with Crippen molar-refractivity contribution in [3.8, 4) is 0 Å². The van der Waals surface area contributed by atoms with Crippen molar-refractivity contribution in [3.05, 3.63) is 35.1 Å². The van der Waals surface area contributed by atoms with E-state index in [-0.39, 0.29) is 34.7 Å². The molecule has 7 heteroatoms. The summed E-state index contributed by atoms with van der Waals surface area (Å²) in [5.41, 5.74) is 1.50. The van der Waals surface area contributed by atoms with Crippen molar-refractivity contribution in [2.24, 2.45) is 0 Å². The first-order valence-corrected chi connectivity index (χ1v) is 8.46. The second-order valence-electron chi connectivity index (χ2n) is 5.85. The molecule has 2 aliphatic rings. The number of thioether (sulfide) groups is 1. The second-order valence-corrected chi connectivity index (χ2v) is 6.78. The van der Waals surface area contributed by atoms with E-state index in [9.17, 15) is 18.8 Å². The van der Waals surface area contributed by atoms with Gasteiger partial charge in [-0.05, 0) is 30.5 Å². The molecule has 122 valence electrons. The van der Waals surface area contributed by atoms with Crippen LogP contribution in [-0.2, 0) is 16.0 Å². The smallest absolute Gasteiger partial charge is 0.289 e. The topological polar surface area (TPSA) is 57.7 Å². The van der Waals surface area contributed by atoms with Crippen molar-refractivity contribution < 1.29 is 18.8 Å². The molecule has 0 radical (unpaired) electrons. The summed E-state index contributed by atoms with van der Waals surface area (Å²) in [6.07, 6.45) is 0.896. The number of imide groups is 1. The molecule has 0 aliphatic carbocycles. The highest BCUT2D eigenvalue weighted by Crippen LogP contribution is 2.26. The number of hydrogen-bond acceptors (Lipinski definition) is 4. The predicted molar refractivity (Wildman–Crippen MR) is 84.5 cm³/mol. The minimum absolute atomic E-state index is 0.00465. The van der Waals surface area contributed by atoms with Crippen molar-refractivity contribution in [3.63, 3.8) is 0 Å². The van der Waals surface area contributed by atoms with Crippen molar-refractivity contribution in [1.29, 1.82) is 0 Å². The normalized spacial score (nSPS) is 18.5. The lowest BCUT2D eigenvalue weighted by Crippen LogP contribution is -2.62. The summed E-state index contributed by atoms with van der Waals surface area (Å²) in [5.74, 6) is -0.218. The Morgan fingerprint density at radius 2 is 2.09 bits per heavy atom. The van der Waals surface area contributed by atoms with Crippen LogP contribution in [0.2, 0.25) is 0 Å². The molecule has 0 unspecified atom stereocenters. The zero-order valence-electron chi connectivity index (χ0n) is 12.8. The molecule has 3 rings (SSSR count). The van der Waals surface area contributed by atoms with Crippen LogP contribution in [0.15, 0.2) is 18.2 Å². The molecule has 2 heterocycles. The molecule has 2 fully saturated rings. The number of benzene rings is 1. The van der Waals surface area contributed by atoms with Crippen molar-refractivity contribution in [1.82, 2.24) is 9.80 Å². The highest BCUT2D eigenvalue weighted by molar-refractivity contribution is 8.14. The summed E-state index contributed by atoms with van der Waals surface area (Å²) in [4.78, 5) is 38.3. The molecule has 2 aliphatic heterocycles. The monoisotopic (exact) mass is 336 g/mol. The average Bonchev–Trinajstić information content (AvgIpc) is 2.79. The van der Waals surface area contributed by atoms with E-state index in [2.05, 4.69) is 0 Å². The van der Waals surface area contributed by atoms with Crippen LogP contribution in [0.1, 0.15) is 17.5 Å². The number of nitrogens with zero attached hydrogens (tertiary/aromatic N) is 2. The first kappa shape index (κ1) is 16.0. The summed E-state index contributed by atoms with van der Waals surface area (Å²) in [5, 5.41) is -0.214. The van der Waals surface area contributed by atoms with Gasteiger partial charge in [-0.1, -0.05) is 23.9 Å². The molecule has 0 aromatic heterocycles. The molecule has 1 aromatic carbocycles. The van der Waals surface area contributed by atoms with Gasteiger partial charge >= 0.3 is 0 Å². The van der Waals surface area contributed by atoms with Gasteiger partial charge in [0, 0.05) is 19.5 Å². The fraction of sp³-hybridized carbons (Fsp3) is 0.438. The molecule has 1 aromatic rings. The van der Waals surface area contributed by atoms with Crippen molar-refractivity contribution in [2.45, 2.75) is 25.8 Å². The van der Waals surface area contributed by atoms with Gasteiger partial charge < -0.3 is 4.90 Å². The van der Waals surface area contributed by atoms with Crippen LogP contribution in [0.4, 0.5) is 9.18 Å². The van der Waals surface area contributed by atoms with Gasteiger partial charge in [0.25, 0.3) is 5.24 Å². The predicted octanol–water partition coefficient (Wildman–Crippen LogP) is 1.97. The average molecular weight is 336 g/mol. The Bertz CT molecular complexity index is 657. The number of rotatable bonds is 4. The summed E-state index contributed by atoms with van der Waals surface area (Å²) in [7, 11) is 0. The number of carbonyl (C=O) groups is 3. The molecular weight excluding hydrogens is 319 g/mol. The van der Waals surface area contributed by atoms with Crippen molar-refractivity contribution >= 4 is 28.8 Å². The molecule has 0 saturated carbocycles. The van der Waals surface area contributed by atoms with E-state index in [1.54, 1.807) is 24.0 Å². The Kier molecular flexibility index (Phi) is 4.39. The molecule has 0 N–H and O–H groups in total. The number of likely N-dealkylation sites (tertiary alicyclic amines) is 1. The summed E-state index contributed by atoms with van der Waals surface area (Å²) in [6.45, 7) is 2.53. The highest BCUT2D eigenvalue weighted by atomic mass is 32.2. The third kappa shape index (κ3) is 3.24. The van der Waals surface area contributed by atoms with Crippen LogP contribution < -0.4 is 0 Å². The van der Waals surface area contributed by atoms with E-state index in [0.29, 0.717) is 31.5 Å². The van der Waals surface area contributed by atoms with Gasteiger partial charge in [0.15, 0.2) is 0 Å². The SMILES string of the molecule is Cc1cc(CCC(=O)N2CC(N3C(=O)CSC3=O)C2)ccc1F. The number of hydrogen-bond donors (Lipinski definition) is 0. The largest absolute Gasteiger partial charge is 0.338 e. The van der Waals surface area contributed by atoms with Gasteiger partial charge in [-0.2, -0.15) is 0 Å². The van der Waals surface area contributed by atoms with Crippen LogP contribution in [0.25, 0.3) is 0 Å². The molecule has 5 nitrogen and oxygen atoms in total. The second kappa shape index (κ2) is 6.31. The third-order valence-electron chi connectivity index (χ3n) is 4.21. The Morgan fingerprint density at radius 1 is 1.35 bits per heavy atom. The highest BCUT2D eigenvalue weighted by Gasteiger charge is 2.43. The van der Waals surface area contributed by atoms with Crippen molar-refractivity contribution in [2.75, 3.05) is 18.8 Å². The Morgan fingerprint density at radius 3 is 2.70 bits per heavy atom. The first-order chi connectivity index (χ1) is 11.0. The Balaban J connectivity index is 1.48. The molecule has 23 heavy (non-hydrogen) atoms. The van der Waals surface area contributed by atoms with Gasteiger partial charge in [-0.25, -0.2) is 4.39 Å². The Hall–Kier alpha value is -1.89. The summed E-state index contributed by atoms with van der Waals surface area (Å²) < 4.78 is 13.2. The number of amides is 3. The number of aryl methyl sites for hydroxylation is 2. The molecule has 0 spiro atoms. The maximum Gasteiger partial charge on any atom is 0.289 e. The van der Waals surface area contributed by atoms with E-state index >= 15 is 0 Å². The van der Waals surface area contributed by atoms with E-state index < -0.39 is 0 Å². The summed E-state index contributed by atoms with van der Waals surface area (Å²) >= 11 is 1.01. The minimum Gasteiger partial charge on any atom is -0.338 e. The molecule has 0 atom stereocenters. The fourth-order valence-electron chi connectivity index (χ4n) is 2.81. The lowest BCUT2D eigenvalue weighted by atomic mass is 10.0. The van der Waals surface area contributed by atoms with Gasteiger partial charge in [0.2, 0.25) is 11.8 Å². The maximum atomic E-state index is 13.2. The third-order valence-corrected chi connectivity index (χ3v) is 5.05.